The van der Waals surface area contributed by atoms with E-state index in [9.17, 15) is 18.3 Å². The molecule has 0 saturated carbocycles. The Bertz CT molecular complexity index is 1220. The van der Waals surface area contributed by atoms with Crippen molar-refractivity contribution in [3.63, 3.8) is 0 Å². The first-order valence-corrected chi connectivity index (χ1v) is 11.4. The number of hydrogen-bond acceptors (Lipinski definition) is 5. The number of anilines is 1. The molecule has 4 rings (SSSR count). The van der Waals surface area contributed by atoms with Crippen molar-refractivity contribution in [3.05, 3.63) is 59.4 Å². The van der Waals surface area contributed by atoms with Crippen molar-refractivity contribution < 1.29 is 22.7 Å². The van der Waals surface area contributed by atoms with Crippen LogP contribution in [-0.2, 0) is 22.9 Å². The number of carbonyl (C=O) groups is 1. The Morgan fingerprint density at radius 2 is 1.83 bits per heavy atom. The zero-order valence-corrected chi connectivity index (χ0v) is 18.0. The van der Waals surface area contributed by atoms with Gasteiger partial charge in [-0.25, -0.2) is 8.42 Å². The van der Waals surface area contributed by atoms with Crippen LogP contribution in [0.2, 0.25) is 0 Å². The molecular formula is C23H24NO5S-. The molecule has 1 aliphatic rings. The Morgan fingerprint density at radius 3 is 2.47 bits per heavy atom. The number of carboxylic acid groups (broad SMARTS) is 1. The van der Waals surface area contributed by atoms with Crippen molar-refractivity contribution in [3.8, 4) is 0 Å². The SMILES string of the molecule is CC(C)(C)C1CCc2oc3ccc(NS(=O)(=O)c4ccc(C(=O)[O-])cc4)cc3c2C1. The molecule has 0 fully saturated rings. The van der Waals surface area contributed by atoms with Crippen LogP contribution in [0.15, 0.2) is 51.8 Å². The van der Waals surface area contributed by atoms with Gasteiger partial charge in [-0.05, 0) is 60.1 Å². The molecule has 1 heterocycles. The van der Waals surface area contributed by atoms with E-state index in [1.165, 1.54) is 24.3 Å². The molecule has 1 unspecified atom stereocenters. The fourth-order valence-electron chi connectivity index (χ4n) is 4.07. The van der Waals surface area contributed by atoms with E-state index in [1.54, 1.807) is 12.1 Å². The molecular weight excluding hydrogens is 402 g/mol. The number of carbonyl (C=O) groups excluding carboxylic acids is 1. The Hall–Kier alpha value is -2.80. The van der Waals surface area contributed by atoms with Crippen molar-refractivity contribution in [1.82, 2.24) is 0 Å². The molecule has 30 heavy (non-hydrogen) atoms. The molecule has 1 aliphatic carbocycles. The predicted molar refractivity (Wildman–Crippen MR) is 113 cm³/mol. The summed E-state index contributed by atoms with van der Waals surface area (Å²) in [7, 11) is -3.86. The Balaban J connectivity index is 1.65. The third-order valence-electron chi connectivity index (χ3n) is 5.92. The largest absolute Gasteiger partial charge is 0.545 e. The van der Waals surface area contributed by atoms with E-state index >= 15 is 0 Å². The van der Waals surface area contributed by atoms with E-state index in [0.717, 1.165) is 41.6 Å². The maximum atomic E-state index is 12.7. The van der Waals surface area contributed by atoms with Gasteiger partial charge in [0.15, 0.2) is 0 Å². The highest BCUT2D eigenvalue weighted by Gasteiger charge is 2.31. The summed E-state index contributed by atoms with van der Waals surface area (Å²) in [6, 6.07) is 10.2. The van der Waals surface area contributed by atoms with Crippen molar-refractivity contribution in [2.24, 2.45) is 11.3 Å². The average molecular weight is 427 g/mol. The van der Waals surface area contributed by atoms with Gasteiger partial charge in [-0.3, -0.25) is 4.72 Å². The zero-order valence-electron chi connectivity index (χ0n) is 17.2. The molecule has 0 spiro atoms. The van der Waals surface area contributed by atoms with Crippen LogP contribution in [0.1, 0.15) is 48.9 Å². The van der Waals surface area contributed by atoms with E-state index < -0.39 is 16.0 Å². The van der Waals surface area contributed by atoms with Crippen LogP contribution in [0.3, 0.4) is 0 Å². The number of benzene rings is 2. The Kier molecular flexibility index (Phi) is 4.89. The van der Waals surface area contributed by atoms with Crippen molar-refractivity contribution in [1.29, 1.82) is 0 Å². The van der Waals surface area contributed by atoms with Crippen LogP contribution in [-0.4, -0.2) is 14.4 Å². The number of aromatic carboxylic acids is 1. The molecule has 3 aromatic rings. The monoisotopic (exact) mass is 426 g/mol. The fraction of sp³-hybridized carbons (Fsp3) is 0.348. The molecule has 0 saturated heterocycles. The maximum absolute atomic E-state index is 12.7. The zero-order chi connectivity index (χ0) is 21.7. The highest BCUT2D eigenvalue weighted by atomic mass is 32.2. The van der Waals surface area contributed by atoms with E-state index in [1.807, 2.05) is 6.07 Å². The second-order valence-electron chi connectivity index (χ2n) is 8.94. The van der Waals surface area contributed by atoms with Crippen LogP contribution >= 0.6 is 0 Å². The number of furan rings is 1. The van der Waals surface area contributed by atoms with Crippen molar-refractivity contribution in [2.75, 3.05) is 4.72 Å². The molecule has 6 nitrogen and oxygen atoms in total. The first-order chi connectivity index (χ1) is 14.0. The lowest BCUT2D eigenvalue weighted by Gasteiger charge is -2.33. The molecule has 0 amide bonds. The molecule has 1 N–H and O–H groups in total. The van der Waals surface area contributed by atoms with E-state index in [2.05, 4.69) is 25.5 Å². The van der Waals surface area contributed by atoms with E-state index in [-0.39, 0.29) is 15.9 Å². The summed E-state index contributed by atoms with van der Waals surface area (Å²) >= 11 is 0. The van der Waals surface area contributed by atoms with E-state index in [4.69, 9.17) is 4.42 Å². The summed E-state index contributed by atoms with van der Waals surface area (Å²) in [5.41, 5.74) is 2.48. The summed E-state index contributed by atoms with van der Waals surface area (Å²) in [5, 5.41) is 11.8. The van der Waals surface area contributed by atoms with Gasteiger partial charge in [0.1, 0.15) is 11.3 Å². The molecule has 0 bridgehead atoms. The fourth-order valence-corrected chi connectivity index (χ4v) is 5.12. The smallest absolute Gasteiger partial charge is 0.261 e. The first-order valence-electron chi connectivity index (χ1n) is 9.93. The summed E-state index contributed by atoms with van der Waals surface area (Å²) in [4.78, 5) is 10.9. The van der Waals surface area contributed by atoms with Gasteiger partial charge < -0.3 is 14.3 Å². The van der Waals surface area contributed by atoms with Gasteiger partial charge in [0.2, 0.25) is 0 Å². The molecule has 1 atom stereocenters. The Morgan fingerprint density at radius 1 is 1.13 bits per heavy atom. The molecule has 158 valence electrons. The average Bonchev–Trinajstić information content (AvgIpc) is 3.04. The van der Waals surface area contributed by atoms with Gasteiger partial charge in [-0.1, -0.05) is 32.9 Å². The van der Waals surface area contributed by atoms with Gasteiger partial charge in [-0.15, -0.1) is 0 Å². The second-order valence-corrected chi connectivity index (χ2v) is 10.6. The van der Waals surface area contributed by atoms with Crippen molar-refractivity contribution in [2.45, 2.75) is 44.9 Å². The van der Waals surface area contributed by atoms with Crippen LogP contribution in [0.25, 0.3) is 11.0 Å². The number of sulfonamides is 1. The number of nitrogens with one attached hydrogen (secondary N) is 1. The van der Waals surface area contributed by atoms with Gasteiger partial charge in [0, 0.05) is 23.1 Å². The van der Waals surface area contributed by atoms with Gasteiger partial charge in [0.25, 0.3) is 10.0 Å². The first kappa shape index (κ1) is 20.5. The number of carboxylic acids is 1. The van der Waals surface area contributed by atoms with Crippen LogP contribution in [0, 0.1) is 11.3 Å². The normalized spacial score (nSPS) is 17.0. The molecule has 0 aliphatic heterocycles. The third-order valence-corrected chi connectivity index (χ3v) is 7.32. The molecule has 0 radical (unpaired) electrons. The predicted octanol–water partition coefficient (Wildman–Crippen LogP) is 3.75. The van der Waals surface area contributed by atoms with Crippen LogP contribution in [0.5, 0.6) is 0 Å². The van der Waals surface area contributed by atoms with Gasteiger partial charge >= 0.3 is 0 Å². The summed E-state index contributed by atoms with van der Waals surface area (Å²) in [5.74, 6) is 0.174. The topological polar surface area (TPSA) is 99.4 Å². The summed E-state index contributed by atoms with van der Waals surface area (Å²) < 4.78 is 34.1. The summed E-state index contributed by atoms with van der Waals surface area (Å²) in [6.07, 6.45) is 2.88. The number of hydrogen-bond donors (Lipinski definition) is 1. The van der Waals surface area contributed by atoms with Crippen LogP contribution < -0.4 is 9.83 Å². The second kappa shape index (κ2) is 7.16. The number of aryl methyl sites for hydroxylation is 1. The molecule has 2 aromatic carbocycles. The van der Waals surface area contributed by atoms with Crippen molar-refractivity contribution >= 4 is 32.6 Å². The lowest BCUT2D eigenvalue weighted by atomic mass is 9.71. The lowest BCUT2D eigenvalue weighted by molar-refractivity contribution is -0.255. The minimum absolute atomic E-state index is 0.0189. The van der Waals surface area contributed by atoms with Crippen LogP contribution in [0.4, 0.5) is 5.69 Å². The molecule has 7 heteroatoms. The highest BCUT2D eigenvalue weighted by molar-refractivity contribution is 7.92. The minimum Gasteiger partial charge on any atom is -0.545 e. The van der Waals surface area contributed by atoms with E-state index in [0.29, 0.717) is 11.6 Å². The quantitative estimate of drug-likeness (QED) is 0.685. The number of fused-ring (bicyclic) bond motifs is 3. The standard InChI is InChI=1S/C23H25NO5S/c1-23(2,3)15-6-10-20-18(12-15)19-13-16(7-11-21(19)29-20)24-30(27,28)17-8-4-14(5-9-17)22(25)26/h4-5,7-9,11,13,15,24H,6,10,12H2,1-3H3,(H,25,26)/p-1. The summed E-state index contributed by atoms with van der Waals surface area (Å²) in [6.45, 7) is 6.74. The third kappa shape index (κ3) is 3.81. The van der Waals surface area contributed by atoms with Gasteiger partial charge in [-0.2, -0.15) is 0 Å². The number of rotatable bonds is 4. The Labute approximate surface area is 176 Å². The maximum Gasteiger partial charge on any atom is 0.261 e. The lowest BCUT2D eigenvalue weighted by Crippen LogP contribution is -2.26. The van der Waals surface area contributed by atoms with Gasteiger partial charge in [0.05, 0.1) is 10.9 Å². The highest BCUT2D eigenvalue weighted by Crippen LogP contribution is 2.41. The molecule has 1 aromatic heterocycles. The minimum atomic E-state index is -3.86.